The van der Waals surface area contributed by atoms with Crippen LogP contribution in [0, 0.1) is 6.92 Å². The van der Waals surface area contributed by atoms with Crippen molar-refractivity contribution in [2.24, 2.45) is 0 Å². The summed E-state index contributed by atoms with van der Waals surface area (Å²) in [7, 11) is -3.80. The van der Waals surface area contributed by atoms with E-state index in [-0.39, 0.29) is 23.2 Å². The molecule has 0 spiro atoms. The van der Waals surface area contributed by atoms with Crippen LogP contribution in [-0.2, 0) is 19.5 Å². The standard InChI is InChI=1S/C19H21NO5S/c1-14-5-2-7-16(11-14)20-26(22,23)18-9-3-6-15(12-18)19(21)25-13-17-8-4-10-24-17/h2-3,5-7,9,11-12,17,20H,4,8,10,13H2,1H3/t17-/m1/s1. The Labute approximate surface area is 153 Å². The molecule has 0 amide bonds. The molecule has 1 aliphatic rings. The largest absolute Gasteiger partial charge is 0.459 e. The minimum atomic E-state index is -3.80. The van der Waals surface area contributed by atoms with Gasteiger partial charge in [-0.3, -0.25) is 4.72 Å². The number of benzene rings is 2. The van der Waals surface area contributed by atoms with Crippen LogP contribution in [0.25, 0.3) is 0 Å². The molecule has 1 heterocycles. The molecule has 0 aromatic heterocycles. The number of sulfonamides is 1. The monoisotopic (exact) mass is 375 g/mol. The molecule has 7 heteroatoms. The normalized spacial score (nSPS) is 17.0. The molecule has 0 unspecified atom stereocenters. The van der Waals surface area contributed by atoms with Crippen LogP contribution in [0.2, 0.25) is 0 Å². The van der Waals surface area contributed by atoms with Crippen molar-refractivity contribution in [3.8, 4) is 0 Å². The molecule has 1 atom stereocenters. The lowest BCUT2D eigenvalue weighted by atomic mass is 10.2. The van der Waals surface area contributed by atoms with E-state index in [0.717, 1.165) is 18.4 Å². The van der Waals surface area contributed by atoms with Gasteiger partial charge in [0, 0.05) is 12.3 Å². The molecule has 1 aliphatic heterocycles. The Balaban J connectivity index is 1.71. The van der Waals surface area contributed by atoms with Gasteiger partial charge < -0.3 is 9.47 Å². The lowest BCUT2D eigenvalue weighted by molar-refractivity contribution is 0.0161. The van der Waals surface area contributed by atoms with Crippen LogP contribution in [0.1, 0.15) is 28.8 Å². The van der Waals surface area contributed by atoms with Gasteiger partial charge in [0.2, 0.25) is 0 Å². The van der Waals surface area contributed by atoms with Crippen LogP contribution < -0.4 is 4.72 Å². The Kier molecular flexibility index (Phi) is 5.58. The fourth-order valence-electron chi connectivity index (χ4n) is 2.74. The van der Waals surface area contributed by atoms with Crippen molar-refractivity contribution in [1.29, 1.82) is 0 Å². The molecule has 1 fully saturated rings. The van der Waals surface area contributed by atoms with Gasteiger partial charge >= 0.3 is 5.97 Å². The third-order valence-corrected chi connectivity index (χ3v) is 5.45. The number of hydrogen-bond donors (Lipinski definition) is 1. The maximum atomic E-state index is 12.6. The maximum Gasteiger partial charge on any atom is 0.338 e. The van der Waals surface area contributed by atoms with Gasteiger partial charge in [0.15, 0.2) is 0 Å². The Morgan fingerprint density at radius 3 is 2.77 bits per heavy atom. The molecule has 0 bridgehead atoms. The number of rotatable bonds is 6. The first-order valence-corrected chi connectivity index (χ1v) is 9.91. The predicted octanol–water partition coefficient (Wildman–Crippen LogP) is 3.13. The fourth-order valence-corrected chi connectivity index (χ4v) is 3.84. The highest BCUT2D eigenvalue weighted by Gasteiger charge is 2.20. The van der Waals surface area contributed by atoms with Crippen molar-refractivity contribution in [3.05, 3.63) is 59.7 Å². The number of aryl methyl sites for hydroxylation is 1. The fraction of sp³-hybridized carbons (Fsp3) is 0.316. The third kappa shape index (κ3) is 4.62. The molecule has 6 nitrogen and oxygen atoms in total. The van der Waals surface area contributed by atoms with Gasteiger partial charge in [-0.15, -0.1) is 0 Å². The molecular weight excluding hydrogens is 354 g/mol. The van der Waals surface area contributed by atoms with E-state index < -0.39 is 16.0 Å². The number of esters is 1. The molecule has 0 aliphatic carbocycles. The predicted molar refractivity (Wildman–Crippen MR) is 97.7 cm³/mol. The van der Waals surface area contributed by atoms with E-state index in [1.54, 1.807) is 18.2 Å². The SMILES string of the molecule is Cc1cccc(NS(=O)(=O)c2cccc(C(=O)OC[C@H]3CCCO3)c2)c1. The van der Waals surface area contributed by atoms with E-state index >= 15 is 0 Å². The summed E-state index contributed by atoms with van der Waals surface area (Å²) in [5.41, 5.74) is 1.60. The van der Waals surface area contributed by atoms with E-state index in [4.69, 9.17) is 9.47 Å². The van der Waals surface area contributed by atoms with Crippen molar-refractivity contribution < 1.29 is 22.7 Å². The number of anilines is 1. The first-order chi connectivity index (χ1) is 12.4. The van der Waals surface area contributed by atoms with Crippen LogP contribution >= 0.6 is 0 Å². The summed E-state index contributed by atoms with van der Waals surface area (Å²) in [6, 6.07) is 12.9. The zero-order valence-corrected chi connectivity index (χ0v) is 15.3. The van der Waals surface area contributed by atoms with E-state index in [2.05, 4.69) is 4.72 Å². The van der Waals surface area contributed by atoms with E-state index in [9.17, 15) is 13.2 Å². The maximum absolute atomic E-state index is 12.6. The average molecular weight is 375 g/mol. The second kappa shape index (κ2) is 7.88. The summed E-state index contributed by atoms with van der Waals surface area (Å²) in [4.78, 5) is 12.2. The zero-order chi connectivity index (χ0) is 18.6. The van der Waals surface area contributed by atoms with Crippen molar-refractivity contribution >= 4 is 21.7 Å². The molecule has 1 saturated heterocycles. The highest BCUT2D eigenvalue weighted by Crippen LogP contribution is 2.19. The topological polar surface area (TPSA) is 81.7 Å². The molecule has 2 aromatic carbocycles. The minimum absolute atomic E-state index is 0.00516. The van der Waals surface area contributed by atoms with Gasteiger partial charge in [-0.2, -0.15) is 0 Å². The van der Waals surface area contributed by atoms with E-state index in [1.807, 2.05) is 13.0 Å². The zero-order valence-electron chi connectivity index (χ0n) is 14.5. The third-order valence-electron chi connectivity index (χ3n) is 4.07. The van der Waals surface area contributed by atoms with Crippen molar-refractivity contribution in [2.75, 3.05) is 17.9 Å². The quantitative estimate of drug-likeness (QED) is 0.785. The molecular formula is C19H21NO5S. The smallest absolute Gasteiger partial charge is 0.338 e. The van der Waals surface area contributed by atoms with Crippen LogP contribution in [0.5, 0.6) is 0 Å². The lowest BCUT2D eigenvalue weighted by Gasteiger charge is -2.12. The second-order valence-electron chi connectivity index (χ2n) is 6.24. The van der Waals surface area contributed by atoms with Crippen LogP contribution in [0.15, 0.2) is 53.4 Å². The molecule has 138 valence electrons. The minimum Gasteiger partial charge on any atom is -0.459 e. The second-order valence-corrected chi connectivity index (χ2v) is 7.92. The molecule has 3 rings (SSSR count). The van der Waals surface area contributed by atoms with E-state index in [1.165, 1.54) is 24.3 Å². The summed E-state index contributed by atoms with van der Waals surface area (Å²) in [5.74, 6) is -0.562. The first kappa shape index (κ1) is 18.4. The Morgan fingerprint density at radius 2 is 2.04 bits per heavy atom. The van der Waals surface area contributed by atoms with Gasteiger partial charge in [-0.25, -0.2) is 13.2 Å². The summed E-state index contributed by atoms with van der Waals surface area (Å²) < 4.78 is 38.3. The lowest BCUT2D eigenvalue weighted by Crippen LogP contribution is -2.18. The van der Waals surface area contributed by atoms with Gasteiger partial charge in [0.25, 0.3) is 10.0 Å². The average Bonchev–Trinajstić information content (AvgIpc) is 3.13. The number of ether oxygens (including phenoxy) is 2. The Morgan fingerprint density at radius 1 is 1.23 bits per heavy atom. The first-order valence-electron chi connectivity index (χ1n) is 8.42. The summed E-state index contributed by atoms with van der Waals surface area (Å²) in [5, 5.41) is 0. The number of carbonyl (C=O) groups is 1. The summed E-state index contributed by atoms with van der Waals surface area (Å²) in [6.45, 7) is 2.74. The van der Waals surface area contributed by atoms with Crippen molar-refractivity contribution in [1.82, 2.24) is 0 Å². The number of hydrogen-bond acceptors (Lipinski definition) is 5. The molecule has 1 N–H and O–H groups in total. The van der Waals surface area contributed by atoms with Crippen molar-refractivity contribution in [2.45, 2.75) is 30.8 Å². The van der Waals surface area contributed by atoms with Gasteiger partial charge in [0.05, 0.1) is 16.6 Å². The summed E-state index contributed by atoms with van der Waals surface area (Å²) >= 11 is 0. The highest BCUT2D eigenvalue weighted by molar-refractivity contribution is 7.92. The van der Waals surface area contributed by atoms with Crippen LogP contribution in [0.3, 0.4) is 0 Å². The van der Waals surface area contributed by atoms with Crippen LogP contribution in [0.4, 0.5) is 5.69 Å². The molecule has 2 aromatic rings. The molecule has 26 heavy (non-hydrogen) atoms. The van der Waals surface area contributed by atoms with Gasteiger partial charge in [-0.1, -0.05) is 18.2 Å². The van der Waals surface area contributed by atoms with Gasteiger partial charge in [0.1, 0.15) is 6.61 Å². The number of nitrogens with one attached hydrogen (secondary N) is 1. The number of carbonyl (C=O) groups excluding carboxylic acids is 1. The van der Waals surface area contributed by atoms with E-state index in [0.29, 0.717) is 12.3 Å². The molecule has 0 radical (unpaired) electrons. The van der Waals surface area contributed by atoms with Crippen LogP contribution in [-0.4, -0.2) is 33.7 Å². The highest BCUT2D eigenvalue weighted by atomic mass is 32.2. The molecule has 0 saturated carbocycles. The van der Waals surface area contributed by atoms with Gasteiger partial charge in [-0.05, 0) is 55.7 Å². The Hall–Kier alpha value is -2.38. The summed E-state index contributed by atoms with van der Waals surface area (Å²) in [6.07, 6.45) is 1.75. The Bertz CT molecular complexity index is 888. The van der Waals surface area contributed by atoms with Crippen molar-refractivity contribution in [3.63, 3.8) is 0 Å².